The lowest BCUT2D eigenvalue weighted by atomic mass is 10.3. The van der Waals surface area contributed by atoms with Gasteiger partial charge < -0.3 is 11.5 Å². The van der Waals surface area contributed by atoms with E-state index in [4.69, 9.17) is 11.5 Å². The molecular formula is C10H13Br2N3O3S. The van der Waals surface area contributed by atoms with Crippen molar-refractivity contribution in [3.8, 4) is 0 Å². The van der Waals surface area contributed by atoms with Crippen LogP contribution in [0.5, 0.6) is 0 Å². The highest BCUT2D eigenvalue weighted by atomic mass is 79.9. The number of likely N-dealkylation sites (N-methyl/N-ethyl adjacent to an activating group) is 1. The number of carbonyl (C=O) groups is 1. The van der Waals surface area contributed by atoms with Gasteiger partial charge in [0.1, 0.15) is 4.90 Å². The molecule has 0 saturated carbocycles. The van der Waals surface area contributed by atoms with E-state index in [1.807, 2.05) is 0 Å². The van der Waals surface area contributed by atoms with Crippen molar-refractivity contribution in [3.05, 3.63) is 21.1 Å². The van der Waals surface area contributed by atoms with Gasteiger partial charge in [-0.25, -0.2) is 8.42 Å². The number of hydrogen-bond donors (Lipinski definition) is 2. The number of primary amides is 1. The lowest BCUT2D eigenvalue weighted by Crippen LogP contribution is -2.38. The zero-order valence-corrected chi connectivity index (χ0v) is 14.0. The van der Waals surface area contributed by atoms with Crippen LogP contribution in [0.25, 0.3) is 0 Å². The number of sulfonamides is 1. The predicted molar refractivity (Wildman–Crippen MR) is 79.9 cm³/mol. The first kappa shape index (κ1) is 16.4. The van der Waals surface area contributed by atoms with Gasteiger partial charge in [-0.3, -0.25) is 4.79 Å². The topological polar surface area (TPSA) is 106 Å². The van der Waals surface area contributed by atoms with Gasteiger partial charge in [0.05, 0.1) is 6.54 Å². The predicted octanol–water partition coefficient (Wildman–Crippen LogP) is 1.29. The van der Waals surface area contributed by atoms with Crippen molar-refractivity contribution in [1.82, 2.24) is 4.31 Å². The fourth-order valence-electron chi connectivity index (χ4n) is 1.50. The fraction of sp³-hybridized carbons (Fsp3) is 0.300. The normalized spacial score (nSPS) is 11.8. The number of carbonyl (C=O) groups excluding carboxylic acids is 1. The molecule has 1 rings (SSSR count). The first-order chi connectivity index (χ1) is 8.70. The first-order valence-electron chi connectivity index (χ1n) is 5.23. The molecule has 9 heteroatoms. The van der Waals surface area contributed by atoms with Gasteiger partial charge in [0, 0.05) is 21.2 Å². The highest BCUT2D eigenvalue weighted by Crippen LogP contribution is 2.34. The third-order valence-electron chi connectivity index (χ3n) is 2.30. The summed E-state index contributed by atoms with van der Waals surface area (Å²) in [7, 11) is -3.84. The third kappa shape index (κ3) is 3.68. The molecule has 0 spiro atoms. The number of amides is 1. The molecular weight excluding hydrogens is 402 g/mol. The van der Waals surface area contributed by atoms with E-state index < -0.39 is 15.9 Å². The number of hydrogen-bond acceptors (Lipinski definition) is 4. The average molecular weight is 415 g/mol. The summed E-state index contributed by atoms with van der Waals surface area (Å²) in [6, 6.07) is 2.96. The van der Waals surface area contributed by atoms with Crippen molar-refractivity contribution in [2.45, 2.75) is 11.8 Å². The summed E-state index contributed by atoms with van der Waals surface area (Å²) < 4.78 is 26.6. The van der Waals surface area contributed by atoms with Crippen molar-refractivity contribution in [2.24, 2.45) is 5.73 Å². The molecule has 0 heterocycles. The summed E-state index contributed by atoms with van der Waals surface area (Å²) in [6.45, 7) is 1.39. The molecule has 0 fully saturated rings. The van der Waals surface area contributed by atoms with E-state index in [9.17, 15) is 13.2 Å². The van der Waals surface area contributed by atoms with Gasteiger partial charge in [0.25, 0.3) is 0 Å². The van der Waals surface area contributed by atoms with Crippen molar-refractivity contribution >= 4 is 53.5 Å². The molecule has 0 aliphatic rings. The van der Waals surface area contributed by atoms with Gasteiger partial charge in [-0.2, -0.15) is 4.31 Å². The highest BCUT2D eigenvalue weighted by molar-refractivity contribution is 9.11. The molecule has 0 saturated heterocycles. The quantitative estimate of drug-likeness (QED) is 0.707. The largest absolute Gasteiger partial charge is 0.399 e. The smallest absolute Gasteiger partial charge is 0.245 e. The molecule has 0 unspecified atom stereocenters. The second kappa shape index (κ2) is 6.21. The Bertz CT molecular complexity index is 581. The van der Waals surface area contributed by atoms with Crippen LogP contribution >= 0.6 is 31.9 Å². The zero-order chi connectivity index (χ0) is 14.8. The fourth-order valence-corrected chi connectivity index (χ4v) is 5.45. The van der Waals surface area contributed by atoms with Crippen molar-refractivity contribution < 1.29 is 13.2 Å². The zero-order valence-electron chi connectivity index (χ0n) is 10.1. The number of nitrogens with two attached hydrogens (primary N) is 2. The van der Waals surface area contributed by atoms with Crippen LogP contribution in [-0.4, -0.2) is 31.7 Å². The molecule has 19 heavy (non-hydrogen) atoms. The van der Waals surface area contributed by atoms with Crippen LogP contribution in [0.4, 0.5) is 5.69 Å². The summed E-state index contributed by atoms with van der Waals surface area (Å²) in [6.07, 6.45) is 0. The molecule has 6 nitrogen and oxygen atoms in total. The molecule has 0 bridgehead atoms. The van der Waals surface area contributed by atoms with Crippen LogP contribution in [0.1, 0.15) is 6.92 Å². The monoisotopic (exact) mass is 413 g/mol. The van der Waals surface area contributed by atoms with Crippen LogP contribution in [0.3, 0.4) is 0 Å². The standard InChI is InChI=1S/C10H13Br2N3O3S/c1-2-15(5-9(14)16)19(17,18)10-7(11)3-6(13)4-8(10)12/h3-4H,2,5,13H2,1H3,(H2,14,16). The SMILES string of the molecule is CCN(CC(N)=O)S(=O)(=O)c1c(Br)cc(N)cc1Br. The van der Waals surface area contributed by atoms with Gasteiger partial charge in [0.2, 0.25) is 15.9 Å². The second-order valence-electron chi connectivity index (χ2n) is 3.71. The van der Waals surface area contributed by atoms with E-state index >= 15 is 0 Å². The highest BCUT2D eigenvalue weighted by Gasteiger charge is 2.29. The van der Waals surface area contributed by atoms with E-state index in [2.05, 4.69) is 31.9 Å². The lowest BCUT2D eigenvalue weighted by molar-refractivity contribution is -0.118. The molecule has 1 aromatic rings. The van der Waals surface area contributed by atoms with Gasteiger partial charge in [-0.05, 0) is 44.0 Å². The van der Waals surface area contributed by atoms with Crippen LogP contribution < -0.4 is 11.5 Å². The maximum atomic E-state index is 12.5. The van der Waals surface area contributed by atoms with E-state index in [1.54, 1.807) is 6.92 Å². The molecule has 0 atom stereocenters. The Morgan fingerprint density at radius 3 is 2.16 bits per heavy atom. The van der Waals surface area contributed by atoms with Crippen LogP contribution in [0.2, 0.25) is 0 Å². The molecule has 0 aromatic heterocycles. The summed E-state index contributed by atoms with van der Waals surface area (Å²) in [4.78, 5) is 11.0. The van der Waals surface area contributed by atoms with E-state index in [-0.39, 0.29) is 18.0 Å². The molecule has 4 N–H and O–H groups in total. The van der Waals surface area contributed by atoms with Gasteiger partial charge in [-0.1, -0.05) is 6.92 Å². The molecule has 1 amide bonds. The minimum Gasteiger partial charge on any atom is -0.399 e. The van der Waals surface area contributed by atoms with Gasteiger partial charge in [0.15, 0.2) is 0 Å². The summed E-state index contributed by atoms with van der Waals surface area (Å²) in [5.74, 6) is -0.715. The van der Waals surface area contributed by atoms with Crippen molar-refractivity contribution in [2.75, 3.05) is 18.8 Å². The van der Waals surface area contributed by atoms with Crippen LogP contribution in [0.15, 0.2) is 26.0 Å². The third-order valence-corrected chi connectivity index (χ3v) is 6.10. The Hall–Kier alpha value is -0.640. The molecule has 1 aromatic carbocycles. The Labute approximate surface area is 128 Å². The Morgan fingerprint density at radius 2 is 1.79 bits per heavy atom. The van der Waals surface area contributed by atoms with Crippen molar-refractivity contribution in [1.29, 1.82) is 0 Å². The van der Waals surface area contributed by atoms with Gasteiger partial charge in [-0.15, -0.1) is 0 Å². The first-order valence-corrected chi connectivity index (χ1v) is 8.25. The number of rotatable bonds is 5. The maximum Gasteiger partial charge on any atom is 0.245 e. The van der Waals surface area contributed by atoms with E-state index in [0.717, 1.165) is 4.31 Å². The Morgan fingerprint density at radius 1 is 1.32 bits per heavy atom. The molecule has 0 aliphatic heterocycles. The van der Waals surface area contributed by atoms with Gasteiger partial charge >= 0.3 is 0 Å². The summed E-state index contributed by atoms with van der Waals surface area (Å²) in [5, 5.41) is 0. The van der Waals surface area contributed by atoms with Crippen LogP contribution in [-0.2, 0) is 14.8 Å². The number of halogens is 2. The maximum absolute atomic E-state index is 12.5. The summed E-state index contributed by atoms with van der Waals surface area (Å²) >= 11 is 6.33. The number of nitrogens with zero attached hydrogens (tertiary/aromatic N) is 1. The number of nitrogen functional groups attached to an aromatic ring is 1. The lowest BCUT2D eigenvalue weighted by Gasteiger charge is -2.20. The average Bonchev–Trinajstić information content (AvgIpc) is 2.23. The van der Waals surface area contributed by atoms with Crippen molar-refractivity contribution in [3.63, 3.8) is 0 Å². The number of anilines is 1. The summed E-state index contributed by atoms with van der Waals surface area (Å²) in [5.41, 5.74) is 11.1. The van der Waals surface area contributed by atoms with Crippen LogP contribution in [0, 0.1) is 0 Å². The Balaban J connectivity index is 3.38. The number of benzene rings is 1. The minimum absolute atomic E-state index is 0.0183. The Kier molecular flexibility index (Phi) is 5.36. The second-order valence-corrected chi connectivity index (χ2v) is 7.29. The molecule has 0 aliphatic carbocycles. The molecule has 106 valence electrons. The van der Waals surface area contributed by atoms with E-state index in [0.29, 0.717) is 14.6 Å². The molecule has 0 radical (unpaired) electrons. The van der Waals surface area contributed by atoms with E-state index in [1.165, 1.54) is 12.1 Å². The minimum atomic E-state index is -3.84.